The highest BCUT2D eigenvalue weighted by Gasteiger charge is 2.25. The molecule has 0 spiro atoms. The van der Waals surface area contributed by atoms with E-state index in [1.165, 1.54) is 0 Å². The largest absolute Gasteiger partial charge is 0.493 e. The van der Waals surface area contributed by atoms with Crippen LogP contribution in [0.1, 0.15) is 26.3 Å². The van der Waals surface area contributed by atoms with Gasteiger partial charge in [0.2, 0.25) is 0 Å². The number of methoxy groups -OCH3 is 2. The van der Waals surface area contributed by atoms with Crippen LogP contribution in [0.3, 0.4) is 0 Å². The Kier molecular flexibility index (Phi) is 6.53. The smallest absolute Gasteiger partial charge is 0.317 e. The summed E-state index contributed by atoms with van der Waals surface area (Å²) in [6.45, 7) is 11.5. The molecule has 2 rings (SSSR count). The number of piperazine rings is 1. The lowest BCUT2D eigenvalue weighted by atomic mass is 9.84. The molecule has 1 aliphatic heterocycles. The van der Waals surface area contributed by atoms with Crippen molar-refractivity contribution in [3.63, 3.8) is 0 Å². The molecule has 6 nitrogen and oxygen atoms in total. The molecule has 1 aromatic rings. The number of likely N-dealkylation sites (N-methyl/N-ethyl adjacent to an activating group) is 1. The topological polar surface area (TPSA) is 54.0 Å². The SMILES string of the molecule is CCN1CCN(C(=O)NCC(C)(C)c2ccc(OC)c(OC)c2)CC1. The summed E-state index contributed by atoms with van der Waals surface area (Å²) in [4.78, 5) is 16.7. The average molecular weight is 349 g/mol. The van der Waals surface area contributed by atoms with Gasteiger partial charge >= 0.3 is 6.03 Å². The Morgan fingerprint density at radius 3 is 2.32 bits per heavy atom. The Labute approximate surface area is 151 Å². The summed E-state index contributed by atoms with van der Waals surface area (Å²) in [6.07, 6.45) is 0. The Balaban J connectivity index is 1.96. The lowest BCUT2D eigenvalue weighted by molar-refractivity contribution is 0.142. The standard InChI is InChI=1S/C19H31N3O3/c1-6-21-9-11-22(12-10-21)18(23)20-14-19(2,3)15-7-8-16(24-4)17(13-15)25-5/h7-8,13H,6,9-12,14H2,1-5H3,(H,20,23). The number of hydrogen-bond acceptors (Lipinski definition) is 4. The van der Waals surface area contributed by atoms with Crippen LogP contribution in [0.25, 0.3) is 0 Å². The molecule has 1 heterocycles. The van der Waals surface area contributed by atoms with Gasteiger partial charge in [0.05, 0.1) is 14.2 Å². The van der Waals surface area contributed by atoms with Crippen molar-refractivity contribution in [2.45, 2.75) is 26.2 Å². The van der Waals surface area contributed by atoms with E-state index in [2.05, 4.69) is 31.0 Å². The second kappa shape index (κ2) is 8.43. The fourth-order valence-corrected chi connectivity index (χ4v) is 3.03. The molecule has 0 aromatic heterocycles. The fraction of sp³-hybridized carbons (Fsp3) is 0.632. The van der Waals surface area contributed by atoms with E-state index in [0.29, 0.717) is 18.0 Å². The highest BCUT2D eigenvalue weighted by molar-refractivity contribution is 5.74. The number of rotatable bonds is 6. The van der Waals surface area contributed by atoms with Gasteiger partial charge < -0.3 is 24.6 Å². The molecule has 0 atom stereocenters. The van der Waals surface area contributed by atoms with Gasteiger partial charge in [-0.15, -0.1) is 0 Å². The first-order valence-corrected chi connectivity index (χ1v) is 8.89. The van der Waals surface area contributed by atoms with Crippen LogP contribution < -0.4 is 14.8 Å². The first kappa shape index (κ1) is 19.4. The predicted molar refractivity (Wildman–Crippen MR) is 99.7 cm³/mol. The molecule has 25 heavy (non-hydrogen) atoms. The minimum Gasteiger partial charge on any atom is -0.493 e. The zero-order valence-electron chi connectivity index (χ0n) is 16.1. The highest BCUT2D eigenvalue weighted by atomic mass is 16.5. The maximum Gasteiger partial charge on any atom is 0.317 e. The molecule has 1 saturated heterocycles. The molecule has 1 fully saturated rings. The van der Waals surface area contributed by atoms with Crippen LogP contribution in [-0.2, 0) is 5.41 Å². The molecule has 140 valence electrons. The van der Waals surface area contributed by atoms with Crippen LogP contribution in [0.5, 0.6) is 11.5 Å². The predicted octanol–water partition coefficient (Wildman–Crippen LogP) is 2.33. The Bertz CT molecular complexity index is 581. The average Bonchev–Trinajstić information content (AvgIpc) is 2.65. The third kappa shape index (κ3) is 4.78. The van der Waals surface area contributed by atoms with Gasteiger partial charge in [0.1, 0.15) is 0 Å². The molecule has 0 aliphatic carbocycles. The van der Waals surface area contributed by atoms with Gasteiger partial charge in [-0.2, -0.15) is 0 Å². The summed E-state index contributed by atoms with van der Waals surface area (Å²) in [7, 11) is 3.26. The number of nitrogens with one attached hydrogen (secondary N) is 1. The number of carbonyl (C=O) groups is 1. The zero-order chi connectivity index (χ0) is 18.4. The summed E-state index contributed by atoms with van der Waals surface area (Å²) in [6, 6.07) is 5.92. The van der Waals surface area contributed by atoms with Crippen molar-refractivity contribution in [3.8, 4) is 11.5 Å². The molecule has 2 amide bonds. The van der Waals surface area contributed by atoms with E-state index in [-0.39, 0.29) is 11.4 Å². The lowest BCUT2D eigenvalue weighted by Gasteiger charge is -2.35. The van der Waals surface area contributed by atoms with Gasteiger partial charge in [-0.3, -0.25) is 0 Å². The van der Waals surface area contributed by atoms with Crippen molar-refractivity contribution in [1.29, 1.82) is 0 Å². The molecule has 1 aromatic carbocycles. The van der Waals surface area contributed by atoms with Crippen LogP contribution in [0.4, 0.5) is 4.79 Å². The van der Waals surface area contributed by atoms with E-state index in [9.17, 15) is 4.79 Å². The van der Waals surface area contributed by atoms with Gasteiger partial charge in [0.15, 0.2) is 11.5 Å². The third-order valence-corrected chi connectivity index (χ3v) is 4.95. The number of hydrogen-bond donors (Lipinski definition) is 1. The van der Waals surface area contributed by atoms with Crippen LogP contribution in [0.15, 0.2) is 18.2 Å². The second-order valence-electron chi connectivity index (χ2n) is 7.03. The third-order valence-electron chi connectivity index (χ3n) is 4.95. The minimum absolute atomic E-state index is 0.0179. The molecule has 6 heteroatoms. The van der Waals surface area contributed by atoms with Gasteiger partial charge in [-0.1, -0.05) is 26.8 Å². The molecule has 0 radical (unpaired) electrons. The molecule has 1 N–H and O–H groups in total. The van der Waals surface area contributed by atoms with E-state index in [1.54, 1.807) is 14.2 Å². The molecule has 1 aliphatic rings. The van der Waals surface area contributed by atoms with Crippen LogP contribution in [0.2, 0.25) is 0 Å². The number of ether oxygens (including phenoxy) is 2. The maximum absolute atomic E-state index is 12.4. The fourth-order valence-electron chi connectivity index (χ4n) is 3.03. The van der Waals surface area contributed by atoms with Crippen LogP contribution in [0, 0.1) is 0 Å². The summed E-state index contributed by atoms with van der Waals surface area (Å²) >= 11 is 0. The number of urea groups is 1. The first-order chi connectivity index (χ1) is 11.9. The van der Waals surface area contributed by atoms with E-state index >= 15 is 0 Å². The quantitative estimate of drug-likeness (QED) is 0.856. The second-order valence-corrected chi connectivity index (χ2v) is 7.03. The number of carbonyl (C=O) groups excluding carboxylic acids is 1. The lowest BCUT2D eigenvalue weighted by Crippen LogP contribution is -2.53. The Morgan fingerprint density at radius 2 is 1.76 bits per heavy atom. The maximum atomic E-state index is 12.4. The molecular weight excluding hydrogens is 318 g/mol. The van der Waals surface area contributed by atoms with Crippen molar-refractivity contribution in [3.05, 3.63) is 23.8 Å². The normalized spacial score (nSPS) is 15.8. The molecule has 0 bridgehead atoms. The van der Waals surface area contributed by atoms with Gasteiger partial charge in [0.25, 0.3) is 0 Å². The summed E-state index contributed by atoms with van der Waals surface area (Å²) in [5.41, 5.74) is 0.890. The van der Waals surface area contributed by atoms with Crippen molar-refractivity contribution < 1.29 is 14.3 Å². The van der Waals surface area contributed by atoms with Crippen molar-refractivity contribution in [2.75, 3.05) is 53.5 Å². The minimum atomic E-state index is -0.208. The van der Waals surface area contributed by atoms with Gasteiger partial charge in [-0.05, 0) is 24.2 Å². The van der Waals surface area contributed by atoms with E-state index in [1.807, 2.05) is 23.1 Å². The van der Waals surface area contributed by atoms with E-state index in [0.717, 1.165) is 38.3 Å². The van der Waals surface area contributed by atoms with Crippen molar-refractivity contribution >= 4 is 6.03 Å². The van der Waals surface area contributed by atoms with Crippen molar-refractivity contribution in [2.24, 2.45) is 0 Å². The number of nitrogens with zero attached hydrogens (tertiary/aromatic N) is 2. The Hall–Kier alpha value is -1.95. The summed E-state index contributed by atoms with van der Waals surface area (Å²) < 4.78 is 10.7. The van der Waals surface area contributed by atoms with Crippen LogP contribution >= 0.6 is 0 Å². The van der Waals surface area contributed by atoms with Gasteiger partial charge in [-0.25, -0.2) is 4.79 Å². The summed E-state index contributed by atoms with van der Waals surface area (Å²) in [5, 5.41) is 3.09. The monoisotopic (exact) mass is 349 g/mol. The Morgan fingerprint density at radius 1 is 1.12 bits per heavy atom. The summed E-state index contributed by atoms with van der Waals surface area (Å²) in [5.74, 6) is 1.41. The van der Waals surface area contributed by atoms with Gasteiger partial charge in [0, 0.05) is 38.1 Å². The highest BCUT2D eigenvalue weighted by Crippen LogP contribution is 2.32. The molecule has 0 saturated carbocycles. The van der Waals surface area contributed by atoms with Crippen molar-refractivity contribution in [1.82, 2.24) is 15.1 Å². The number of amides is 2. The number of benzene rings is 1. The first-order valence-electron chi connectivity index (χ1n) is 8.89. The van der Waals surface area contributed by atoms with E-state index < -0.39 is 0 Å². The zero-order valence-corrected chi connectivity index (χ0v) is 16.1. The van der Waals surface area contributed by atoms with E-state index in [4.69, 9.17) is 9.47 Å². The molecular formula is C19H31N3O3. The van der Waals surface area contributed by atoms with Crippen LogP contribution in [-0.4, -0.2) is 69.3 Å². The molecule has 0 unspecified atom stereocenters.